The van der Waals surface area contributed by atoms with Crippen molar-refractivity contribution >= 4 is 0 Å². The van der Waals surface area contributed by atoms with Gasteiger partial charge in [0.15, 0.2) is 0 Å². The van der Waals surface area contributed by atoms with Crippen LogP contribution in [0.2, 0.25) is 0 Å². The maximum atomic E-state index is 13.7. The van der Waals surface area contributed by atoms with Gasteiger partial charge in [-0.1, -0.05) is 19.9 Å². The first-order chi connectivity index (χ1) is 9.08. The average Bonchev–Trinajstić information content (AvgIpc) is 2.42. The van der Waals surface area contributed by atoms with E-state index >= 15 is 0 Å². The number of hydrogen-bond donors (Lipinski definition) is 1. The van der Waals surface area contributed by atoms with Crippen molar-refractivity contribution in [2.24, 2.45) is 0 Å². The molecule has 1 aliphatic heterocycles. The van der Waals surface area contributed by atoms with E-state index < -0.39 is 11.6 Å². The first-order valence-electron chi connectivity index (χ1n) is 7.00. The number of benzene rings is 1. The van der Waals surface area contributed by atoms with Crippen molar-refractivity contribution in [3.05, 3.63) is 35.4 Å². The summed E-state index contributed by atoms with van der Waals surface area (Å²) in [7, 11) is 0. The lowest BCUT2D eigenvalue weighted by Crippen LogP contribution is -2.59. The van der Waals surface area contributed by atoms with Gasteiger partial charge in [-0.3, -0.25) is 4.90 Å². The molecule has 0 saturated carbocycles. The second-order valence-electron chi connectivity index (χ2n) is 5.36. The number of piperazine rings is 1. The van der Waals surface area contributed by atoms with Gasteiger partial charge in [0.1, 0.15) is 11.6 Å². The molecule has 1 fully saturated rings. The van der Waals surface area contributed by atoms with E-state index in [0.717, 1.165) is 38.5 Å². The molecule has 0 aromatic heterocycles. The predicted molar refractivity (Wildman–Crippen MR) is 73.0 cm³/mol. The maximum Gasteiger partial charge on any atom is 0.130 e. The van der Waals surface area contributed by atoms with Crippen molar-refractivity contribution < 1.29 is 8.78 Å². The third-order valence-corrected chi connectivity index (χ3v) is 4.22. The SMILES string of the molecule is CCC1(CC)CN(Cc2ccc(F)cc2F)CCN1. The Labute approximate surface area is 113 Å². The molecule has 1 heterocycles. The molecular formula is C15H22F2N2. The summed E-state index contributed by atoms with van der Waals surface area (Å²) in [5.41, 5.74) is 0.707. The molecule has 19 heavy (non-hydrogen) atoms. The fourth-order valence-corrected chi connectivity index (χ4v) is 2.79. The summed E-state index contributed by atoms with van der Waals surface area (Å²) in [5, 5.41) is 3.58. The molecule has 1 N–H and O–H groups in total. The Hall–Kier alpha value is -1.00. The first kappa shape index (κ1) is 14.4. The van der Waals surface area contributed by atoms with Gasteiger partial charge in [0.25, 0.3) is 0 Å². The van der Waals surface area contributed by atoms with Crippen LogP contribution >= 0.6 is 0 Å². The molecule has 0 atom stereocenters. The highest BCUT2D eigenvalue weighted by atomic mass is 19.1. The summed E-state index contributed by atoms with van der Waals surface area (Å²) >= 11 is 0. The molecule has 0 unspecified atom stereocenters. The summed E-state index contributed by atoms with van der Waals surface area (Å²) in [6, 6.07) is 3.84. The summed E-state index contributed by atoms with van der Waals surface area (Å²) in [4.78, 5) is 2.25. The number of rotatable bonds is 4. The Balaban J connectivity index is 2.06. The van der Waals surface area contributed by atoms with Crippen molar-refractivity contribution in [1.29, 1.82) is 0 Å². The Morgan fingerprint density at radius 1 is 1.26 bits per heavy atom. The van der Waals surface area contributed by atoms with E-state index in [0.29, 0.717) is 12.1 Å². The van der Waals surface area contributed by atoms with Gasteiger partial charge in [0, 0.05) is 43.3 Å². The molecule has 2 nitrogen and oxygen atoms in total. The molecule has 0 aliphatic carbocycles. The Kier molecular flexibility index (Phi) is 4.53. The summed E-state index contributed by atoms with van der Waals surface area (Å²) in [5.74, 6) is -0.963. The zero-order valence-electron chi connectivity index (χ0n) is 11.7. The molecule has 0 amide bonds. The van der Waals surface area contributed by atoms with Crippen LogP contribution in [0.25, 0.3) is 0 Å². The third kappa shape index (κ3) is 3.31. The van der Waals surface area contributed by atoms with Crippen molar-refractivity contribution in [2.75, 3.05) is 19.6 Å². The van der Waals surface area contributed by atoms with Gasteiger partial charge >= 0.3 is 0 Å². The fraction of sp³-hybridized carbons (Fsp3) is 0.600. The lowest BCUT2D eigenvalue weighted by molar-refractivity contribution is 0.117. The molecule has 0 bridgehead atoms. The summed E-state index contributed by atoms with van der Waals surface area (Å²) in [6.07, 6.45) is 2.12. The second-order valence-corrected chi connectivity index (χ2v) is 5.36. The summed E-state index contributed by atoms with van der Waals surface area (Å²) < 4.78 is 26.6. The van der Waals surface area contributed by atoms with Crippen LogP contribution in [-0.2, 0) is 6.54 Å². The van der Waals surface area contributed by atoms with Crippen molar-refractivity contribution in [2.45, 2.75) is 38.8 Å². The van der Waals surface area contributed by atoms with Crippen LogP contribution in [0.3, 0.4) is 0 Å². The Bertz CT molecular complexity index is 430. The van der Waals surface area contributed by atoms with E-state index in [9.17, 15) is 8.78 Å². The molecule has 0 radical (unpaired) electrons. The molecular weight excluding hydrogens is 246 g/mol. The van der Waals surface area contributed by atoms with Crippen molar-refractivity contribution in [3.8, 4) is 0 Å². The van der Waals surface area contributed by atoms with Crippen LogP contribution in [0.4, 0.5) is 8.78 Å². The smallest absolute Gasteiger partial charge is 0.130 e. The van der Waals surface area contributed by atoms with Gasteiger partial charge in [-0.15, -0.1) is 0 Å². The van der Waals surface area contributed by atoms with Crippen LogP contribution in [0.15, 0.2) is 18.2 Å². The van der Waals surface area contributed by atoms with Crippen LogP contribution in [0.1, 0.15) is 32.3 Å². The van der Waals surface area contributed by atoms with Crippen LogP contribution < -0.4 is 5.32 Å². The van der Waals surface area contributed by atoms with Gasteiger partial charge in [0.2, 0.25) is 0 Å². The highest BCUT2D eigenvalue weighted by molar-refractivity contribution is 5.18. The van der Waals surface area contributed by atoms with Crippen LogP contribution in [0, 0.1) is 11.6 Å². The molecule has 1 aromatic rings. The van der Waals surface area contributed by atoms with Crippen molar-refractivity contribution in [3.63, 3.8) is 0 Å². The first-order valence-corrected chi connectivity index (χ1v) is 7.00. The van der Waals surface area contributed by atoms with E-state index in [4.69, 9.17) is 0 Å². The Morgan fingerprint density at radius 2 is 2.00 bits per heavy atom. The zero-order valence-corrected chi connectivity index (χ0v) is 11.7. The summed E-state index contributed by atoms with van der Waals surface area (Å²) in [6.45, 7) is 7.65. The lowest BCUT2D eigenvalue weighted by Gasteiger charge is -2.43. The quantitative estimate of drug-likeness (QED) is 0.903. The topological polar surface area (TPSA) is 15.3 Å². The number of nitrogens with zero attached hydrogens (tertiary/aromatic N) is 1. The molecule has 1 saturated heterocycles. The molecule has 1 aliphatic rings. The van der Waals surface area contributed by atoms with Gasteiger partial charge in [0.05, 0.1) is 0 Å². The van der Waals surface area contributed by atoms with Gasteiger partial charge in [-0.2, -0.15) is 0 Å². The van der Waals surface area contributed by atoms with E-state index in [1.54, 1.807) is 6.07 Å². The number of nitrogens with one attached hydrogen (secondary N) is 1. The molecule has 0 spiro atoms. The maximum absolute atomic E-state index is 13.7. The van der Waals surface area contributed by atoms with Gasteiger partial charge in [-0.05, 0) is 18.9 Å². The molecule has 1 aromatic carbocycles. The largest absolute Gasteiger partial charge is 0.309 e. The highest BCUT2D eigenvalue weighted by Gasteiger charge is 2.31. The van der Waals surface area contributed by atoms with Gasteiger partial charge < -0.3 is 5.32 Å². The minimum absolute atomic E-state index is 0.134. The molecule has 106 valence electrons. The standard InChI is InChI=1S/C15H22F2N2/c1-3-15(4-2)11-19(8-7-18-15)10-12-5-6-13(16)9-14(12)17/h5-6,9,18H,3-4,7-8,10-11H2,1-2H3. The van der Waals surface area contributed by atoms with Crippen LogP contribution in [-0.4, -0.2) is 30.1 Å². The minimum atomic E-state index is -0.516. The van der Waals surface area contributed by atoms with E-state index in [1.165, 1.54) is 6.07 Å². The predicted octanol–water partition coefficient (Wildman–Crippen LogP) is 2.93. The normalized spacial score (nSPS) is 19.6. The second kappa shape index (κ2) is 5.97. The lowest BCUT2D eigenvalue weighted by atomic mass is 9.90. The molecule has 2 rings (SSSR count). The van der Waals surface area contributed by atoms with Crippen LogP contribution in [0.5, 0.6) is 0 Å². The Morgan fingerprint density at radius 3 is 2.63 bits per heavy atom. The third-order valence-electron chi connectivity index (χ3n) is 4.22. The van der Waals surface area contributed by atoms with E-state index in [1.807, 2.05) is 0 Å². The minimum Gasteiger partial charge on any atom is -0.309 e. The van der Waals surface area contributed by atoms with Gasteiger partial charge in [-0.25, -0.2) is 8.78 Å². The molecule has 4 heteroatoms. The average molecular weight is 268 g/mol. The number of halogens is 2. The van der Waals surface area contributed by atoms with Crippen molar-refractivity contribution in [1.82, 2.24) is 10.2 Å². The highest BCUT2D eigenvalue weighted by Crippen LogP contribution is 2.22. The zero-order chi connectivity index (χ0) is 13.9. The number of hydrogen-bond acceptors (Lipinski definition) is 2. The van der Waals surface area contributed by atoms with E-state index in [-0.39, 0.29) is 5.54 Å². The fourth-order valence-electron chi connectivity index (χ4n) is 2.79. The van der Waals surface area contributed by atoms with E-state index in [2.05, 4.69) is 24.1 Å². The monoisotopic (exact) mass is 268 g/mol.